The standard InChI is InChI=1S/C20H20BrNO4/c1-3-14-4-6-15(7-5-14)18(23)12-26-20(25)13(2)22-19(24)16-8-10-17(21)11-9-16/h4-11,13H,3,12H2,1-2H3,(H,22,24)/t13-/m0/s1. The zero-order chi connectivity index (χ0) is 19.1. The molecule has 0 fully saturated rings. The second-order valence-corrected chi connectivity index (χ2v) is 6.70. The molecule has 6 heteroatoms. The molecule has 0 aliphatic carbocycles. The summed E-state index contributed by atoms with van der Waals surface area (Å²) in [5, 5.41) is 2.55. The molecule has 0 aliphatic heterocycles. The van der Waals surface area contributed by atoms with Crippen molar-refractivity contribution in [3.63, 3.8) is 0 Å². The molecule has 26 heavy (non-hydrogen) atoms. The SMILES string of the molecule is CCc1ccc(C(=O)COC(=O)[C@H](C)NC(=O)c2ccc(Br)cc2)cc1. The van der Waals surface area contributed by atoms with Crippen molar-refractivity contribution in [2.45, 2.75) is 26.3 Å². The minimum atomic E-state index is -0.860. The third-order valence-electron chi connectivity index (χ3n) is 3.84. The number of carbonyl (C=O) groups is 3. The number of benzene rings is 2. The lowest BCUT2D eigenvalue weighted by molar-refractivity contribution is -0.144. The summed E-state index contributed by atoms with van der Waals surface area (Å²) in [6.45, 7) is 3.19. The van der Waals surface area contributed by atoms with Crippen molar-refractivity contribution >= 4 is 33.6 Å². The molecule has 2 rings (SSSR count). The third kappa shape index (κ3) is 5.52. The van der Waals surface area contributed by atoms with Gasteiger partial charge in [0, 0.05) is 15.6 Å². The van der Waals surface area contributed by atoms with Crippen molar-refractivity contribution < 1.29 is 19.1 Å². The molecular weight excluding hydrogens is 398 g/mol. The summed E-state index contributed by atoms with van der Waals surface area (Å²) in [4.78, 5) is 36.2. The number of esters is 1. The summed E-state index contributed by atoms with van der Waals surface area (Å²) in [6, 6.07) is 13.1. The average Bonchev–Trinajstić information content (AvgIpc) is 2.66. The molecule has 1 atom stereocenters. The molecule has 0 aromatic heterocycles. The minimum Gasteiger partial charge on any atom is -0.456 e. The van der Waals surface area contributed by atoms with E-state index in [4.69, 9.17) is 4.74 Å². The van der Waals surface area contributed by atoms with Gasteiger partial charge in [-0.2, -0.15) is 0 Å². The molecule has 5 nitrogen and oxygen atoms in total. The molecule has 0 unspecified atom stereocenters. The molecule has 1 amide bonds. The van der Waals surface area contributed by atoms with Crippen molar-refractivity contribution in [1.82, 2.24) is 5.32 Å². The molecule has 0 radical (unpaired) electrons. The quantitative estimate of drug-likeness (QED) is 0.552. The highest BCUT2D eigenvalue weighted by molar-refractivity contribution is 9.10. The molecule has 2 aromatic rings. The Bertz CT molecular complexity index is 784. The van der Waals surface area contributed by atoms with Gasteiger partial charge in [0.1, 0.15) is 6.04 Å². The predicted octanol–water partition coefficient (Wildman–Crippen LogP) is 3.56. The summed E-state index contributed by atoms with van der Waals surface area (Å²) < 4.78 is 5.88. The summed E-state index contributed by atoms with van der Waals surface area (Å²) in [6.07, 6.45) is 0.888. The van der Waals surface area contributed by atoms with Crippen molar-refractivity contribution in [3.8, 4) is 0 Å². The summed E-state index contributed by atoms with van der Waals surface area (Å²) in [5.74, 6) is -1.33. The Morgan fingerprint density at radius 1 is 1.00 bits per heavy atom. The molecular formula is C20H20BrNO4. The molecule has 0 saturated carbocycles. The van der Waals surface area contributed by atoms with Crippen molar-refractivity contribution in [2.75, 3.05) is 6.61 Å². The van der Waals surface area contributed by atoms with E-state index in [2.05, 4.69) is 21.2 Å². The molecule has 0 heterocycles. The maximum Gasteiger partial charge on any atom is 0.328 e. The molecule has 0 saturated heterocycles. The lowest BCUT2D eigenvalue weighted by Gasteiger charge is -2.13. The second-order valence-electron chi connectivity index (χ2n) is 5.78. The first-order valence-corrected chi connectivity index (χ1v) is 9.05. The summed E-state index contributed by atoms with van der Waals surface area (Å²) >= 11 is 3.29. The van der Waals surface area contributed by atoms with Gasteiger partial charge < -0.3 is 10.1 Å². The Hall–Kier alpha value is -2.47. The predicted molar refractivity (Wildman–Crippen MR) is 102 cm³/mol. The van der Waals surface area contributed by atoms with Gasteiger partial charge in [-0.25, -0.2) is 4.79 Å². The van der Waals surface area contributed by atoms with Crippen LogP contribution < -0.4 is 5.32 Å². The van der Waals surface area contributed by atoms with Crippen LogP contribution in [0.5, 0.6) is 0 Å². The van der Waals surface area contributed by atoms with Crippen LogP contribution in [0.1, 0.15) is 40.1 Å². The number of ketones is 1. The van der Waals surface area contributed by atoms with Crippen LogP contribution in [0.3, 0.4) is 0 Å². The highest BCUT2D eigenvalue weighted by Crippen LogP contribution is 2.11. The number of Topliss-reactive ketones (excluding diaryl/α,β-unsaturated/α-hetero) is 1. The van der Waals surface area contributed by atoms with Crippen LogP contribution in [-0.4, -0.2) is 30.3 Å². The molecule has 2 aromatic carbocycles. The van der Waals surface area contributed by atoms with Gasteiger partial charge in [0.15, 0.2) is 12.4 Å². The van der Waals surface area contributed by atoms with Gasteiger partial charge in [0.05, 0.1) is 0 Å². The van der Waals surface area contributed by atoms with Crippen molar-refractivity contribution in [2.24, 2.45) is 0 Å². The first-order chi connectivity index (χ1) is 12.4. The first-order valence-electron chi connectivity index (χ1n) is 8.26. The Morgan fingerprint density at radius 3 is 2.15 bits per heavy atom. The van der Waals surface area contributed by atoms with Crippen LogP contribution in [0.15, 0.2) is 53.0 Å². The van der Waals surface area contributed by atoms with Gasteiger partial charge in [-0.3, -0.25) is 9.59 Å². The van der Waals surface area contributed by atoms with E-state index in [1.54, 1.807) is 36.4 Å². The van der Waals surface area contributed by atoms with Crippen LogP contribution >= 0.6 is 15.9 Å². The topological polar surface area (TPSA) is 72.5 Å². The number of halogens is 1. The van der Waals surface area contributed by atoms with Crippen LogP contribution in [0, 0.1) is 0 Å². The second kappa shape index (κ2) is 9.29. The van der Waals surface area contributed by atoms with Gasteiger partial charge >= 0.3 is 5.97 Å². The number of hydrogen-bond acceptors (Lipinski definition) is 4. The molecule has 0 bridgehead atoms. The summed E-state index contributed by atoms with van der Waals surface area (Å²) in [7, 11) is 0. The zero-order valence-electron chi connectivity index (χ0n) is 14.6. The highest BCUT2D eigenvalue weighted by Gasteiger charge is 2.19. The molecule has 0 aliphatic rings. The van der Waals surface area contributed by atoms with Gasteiger partial charge in [0.2, 0.25) is 0 Å². The minimum absolute atomic E-state index is 0.285. The Kier molecular flexibility index (Phi) is 7.09. The van der Waals surface area contributed by atoms with Crippen molar-refractivity contribution in [1.29, 1.82) is 0 Å². The van der Waals surface area contributed by atoms with Gasteiger partial charge in [-0.05, 0) is 43.2 Å². The van der Waals surface area contributed by atoms with Crippen LogP contribution in [0.2, 0.25) is 0 Å². The molecule has 0 spiro atoms. The van der Waals surface area contributed by atoms with Gasteiger partial charge in [-0.15, -0.1) is 0 Å². The first kappa shape index (κ1) is 19.8. The number of rotatable bonds is 7. The van der Waals surface area contributed by atoms with Gasteiger partial charge in [-0.1, -0.05) is 47.1 Å². The fraction of sp³-hybridized carbons (Fsp3) is 0.250. The number of aryl methyl sites for hydroxylation is 1. The number of amides is 1. The van der Waals surface area contributed by atoms with Crippen LogP contribution in [0.4, 0.5) is 0 Å². The van der Waals surface area contributed by atoms with E-state index >= 15 is 0 Å². The monoisotopic (exact) mass is 417 g/mol. The molecule has 136 valence electrons. The lowest BCUT2D eigenvalue weighted by Crippen LogP contribution is -2.40. The van der Waals surface area contributed by atoms with E-state index in [9.17, 15) is 14.4 Å². The lowest BCUT2D eigenvalue weighted by atomic mass is 10.1. The molecule has 1 N–H and O–H groups in total. The number of hydrogen-bond donors (Lipinski definition) is 1. The number of carbonyl (C=O) groups excluding carboxylic acids is 3. The van der Waals surface area contributed by atoms with E-state index in [1.807, 2.05) is 19.1 Å². The Balaban J connectivity index is 1.85. The smallest absolute Gasteiger partial charge is 0.328 e. The van der Waals surface area contributed by atoms with E-state index in [0.29, 0.717) is 11.1 Å². The van der Waals surface area contributed by atoms with Crippen LogP contribution in [0.25, 0.3) is 0 Å². The fourth-order valence-electron chi connectivity index (χ4n) is 2.21. The summed E-state index contributed by atoms with van der Waals surface area (Å²) in [5.41, 5.74) is 2.05. The Labute approximate surface area is 160 Å². The fourth-order valence-corrected chi connectivity index (χ4v) is 2.48. The highest BCUT2D eigenvalue weighted by atomic mass is 79.9. The largest absolute Gasteiger partial charge is 0.456 e. The van der Waals surface area contributed by atoms with E-state index < -0.39 is 12.0 Å². The van der Waals surface area contributed by atoms with E-state index in [1.165, 1.54) is 6.92 Å². The average molecular weight is 418 g/mol. The normalized spacial score (nSPS) is 11.5. The number of nitrogens with one attached hydrogen (secondary N) is 1. The van der Waals surface area contributed by atoms with E-state index in [0.717, 1.165) is 16.5 Å². The zero-order valence-corrected chi connectivity index (χ0v) is 16.2. The van der Waals surface area contributed by atoms with E-state index in [-0.39, 0.29) is 18.3 Å². The maximum absolute atomic E-state index is 12.1. The van der Waals surface area contributed by atoms with Crippen molar-refractivity contribution in [3.05, 3.63) is 69.7 Å². The number of ether oxygens (including phenoxy) is 1. The Morgan fingerprint density at radius 2 is 1.58 bits per heavy atom. The maximum atomic E-state index is 12.1. The van der Waals surface area contributed by atoms with Gasteiger partial charge in [0.25, 0.3) is 5.91 Å². The van der Waals surface area contributed by atoms with Crippen LogP contribution in [-0.2, 0) is 16.0 Å². The third-order valence-corrected chi connectivity index (χ3v) is 4.37.